The largest absolute Gasteiger partial charge is 0.312 e. The summed E-state index contributed by atoms with van der Waals surface area (Å²) in [6.45, 7) is 2.44. The molecule has 6 nitrogen and oxygen atoms in total. The monoisotopic (exact) mass is 494 g/mol. The zero-order chi connectivity index (χ0) is 23.8. The van der Waals surface area contributed by atoms with E-state index in [2.05, 4.69) is 4.98 Å². The molecule has 1 saturated heterocycles. The van der Waals surface area contributed by atoms with Gasteiger partial charge in [0, 0.05) is 31.0 Å². The Morgan fingerprint density at radius 2 is 2.03 bits per heavy atom. The molecule has 4 aromatic rings. The van der Waals surface area contributed by atoms with Crippen molar-refractivity contribution in [2.24, 2.45) is 5.92 Å². The second kappa shape index (κ2) is 9.12. The molecule has 34 heavy (non-hydrogen) atoms. The maximum Gasteiger partial charge on any atom is 0.234 e. The van der Waals surface area contributed by atoms with Crippen molar-refractivity contribution < 1.29 is 14.0 Å². The van der Waals surface area contributed by atoms with Crippen LogP contribution in [0.3, 0.4) is 0 Å². The molecular weight excluding hydrogens is 475 g/mol. The molecule has 0 N–H and O–H groups in total. The smallest absolute Gasteiger partial charge is 0.234 e. The number of thiazole rings is 1. The number of amides is 2. The van der Waals surface area contributed by atoms with Crippen molar-refractivity contribution >= 4 is 55.8 Å². The van der Waals surface area contributed by atoms with Gasteiger partial charge < -0.3 is 4.90 Å². The van der Waals surface area contributed by atoms with Gasteiger partial charge in [-0.2, -0.15) is 0 Å². The molecule has 1 aliphatic rings. The molecule has 0 aliphatic carbocycles. The van der Waals surface area contributed by atoms with Crippen LogP contribution >= 0.6 is 22.9 Å². The number of hydrogen-bond donors (Lipinski definition) is 0. The number of halogens is 2. The van der Waals surface area contributed by atoms with Crippen molar-refractivity contribution in [2.45, 2.75) is 19.9 Å². The number of aryl methyl sites for hydroxylation is 1. The van der Waals surface area contributed by atoms with E-state index in [1.54, 1.807) is 29.4 Å². The van der Waals surface area contributed by atoms with Crippen LogP contribution in [0.2, 0.25) is 5.02 Å². The molecule has 0 bridgehead atoms. The SMILES string of the molecule is Cc1ccc(Cl)c2sc(N(Cc3cccnc3)C(=O)C3CC(=O)N(c4ccc(F)cc4)C3)nc12. The molecule has 0 saturated carbocycles. The van der Waals surface area contributed by atoms with Crippen molar-refractivity contribution in [3.63, 3.8) is 0 Å². The molecule has 2 amide bonds. The van der Waals surface area contributed by atoms with Gasteiger partial charge in [0.25, 0.3) is 0 Å². The lowest BCUT2D eigenvalue weighted by atomic mass is 10.1. The predicted molar refractivity (Wildman–Crippen MR) is 132 cm³/mol. The number of rotatable bonds is 5. The van der Waals surface area contributed by atoms with Crippen molar-refractivity contribution in [3.8, 4) is 0 Å². The summed E-state index contributed by atoms with van der Waals surface area (Å²) in [5, 5.41) is 1.10. The van der Waals surface area contributed by atoms with Crippen LogP contribution in [0.25, 0.3) is 10.2 Å². The third kappa shape index (κ3) is 4.26. The minimum Gasteiger partial charge on any atom is -0.312 e. The van der Waals surface area contributed by atoms with Crippen molar-refractivity contribution in [3.05, 3.63) is 82.9 Å². The molecule has 1 atom stereocenters. The molecule has 0 spiro atoms. The standard InChI is InChI=1S/C25H20ClFN4O2S/c1-15-4-9-20(26)23-22(15)29-25(34-23)31(13-16-3-2-10-28-12-16)24(33)17-11-21(32)30(14-17)19-7-5-18(27)6-8-19/h2-10,12,17H,11,13-14H2,1H3. The van der Waals surface area contributed by atoms with E-state index in [4.69, 9.17) is 16.6 Å². The van der Waals surface area contributed by atoms with Gasteiger partial charge in [-0.1, -0.05) is 35.1 Å². The normalized spacial score (nSPS) is 15.8. The first kappa shape index (κ1) is 22.4. The van der Waals surface area contributed by atoms with Gasteiger partial charge in [0.05, 0.1) is 27.7 Å². The number of hydrogen-bond acceptors (Lipinski definition) is 5. The van der Waals surface area contributed by atoms with Crippen molar-refractivity contribution in [2.75, 3.05) is 16.3 Å². The van der Waals surface area contributed by atoms with Crippen LogP contribution in [-0.4, -0.2) is 28.3 Å². The van der Waals surface area contributed by atoms with Crippen molar-refractivity contribution in [1.82, 2.24) is 9.97 Å². The summed E-state index contributed by atoms with van der Waals surface area (Å²) in [4.78, 5) is 38.6. The fourth-order valence-electron chi connectivity index (χ4n) is 4.08. The predicted octanol–water partition coefficient (Wildman–Crippen LogP) is 5.38. The highest BCUT2D eigenvalue weighted by Crippen LogP contribution is 2.37. The highest BCUT2D eigenvalue weighted by Gasteiger charge is 2.38. The molecule has 3 heterocycles. The number of anilines is 2. The number of carbonyl (C=O) groups is 2. The van der Waals surface area contributed by atoms with E-state index in [0.717, 1.165) is 21.3 Å². The summed E-state index contributed by atoms with van der Waals surface area (Å²) < 4.78 is 14.2. The molecule has 0 radical (unpaired) electrons. The van der Waals surface area contributed by atoms with E-state index in [-0.39, 0.29) is 37.1 Å². The highest BCUT2D eigenvalue weighted by molar-refractivity contribution is 7.23. The lowest BCUT2D eigenvalue weighted by Gasteiger charge is -2.23. The highest BCUT2D eigenvalue weighted by atomic mass is 35.5. The zero-order valence-electron chi connectivity index (χ0n) is 18.2. The topological polar surface area (TPSA) is 66.4 Å². The van der Waals surface area contributed by atoms with E-state index in [1.165, 1.54) is 28.4 Å². The number of aromatic nitrogens is 2. The molecule has 172 valence electrons. The Labute approximate surface area is 204 Å². The van der Waals surface area contributed by atoms with E-state index in [9.17, 15) is 14.0 Å². The Kier molecular flexibility index (Phi) is 6.02. The third-order valence-corrected chi connectivity index (χ3v) is 7.40. The lowest BCUT2D eigenvalue weighted by molar-refractivity contribution is -0.124. The first-order chi connectivity index (χ1) is 16.4. The summed E-state index contributed by atoms with van der Waals surface area (Å²) in [5.74, 6) is -1.31. The van der Waals surface area contributed by atoms with E-state index < -0.39 is 5.92 Å². The Hall–Kier alpha value is -3.36. The summed E-state index contributed by atoms with van der Waals surface area (Å²) in [6.07, 6.45) is 3.45. The second-order valence-electron chi connectivity index (χ2n) is 8.21. The van der Waals surface area contributed by atoms with Gasteiger partial charge in [-0.05, 0) is 54.4 Å². The lowest BCUT2D eigenvalue weighted by Crippen LogP contribution is -2.37. The van der Waals surface area contributed by atoms with E-state index in [1.807, 2.05) is 31.2 Å². The Morgan fingerprint density at radius 3 is 2.74 bits per heavy atom. The molecule has 9 heteroatoms. The maximum atomic E-state index is 13.8. The molecule has 1 fully saturated rings. The molecule has 2 aromatic heterocycles. The summed E-state index contributed by atoms with van der Waals surface area (Å²) in [5.41, 5.74) is 3.14. The van der Waals surface area contributed by atoms with Crippen LogP contribution < -0.4 is 9.80 Å². The van der Waals surface area contributed by atoms with Gasteiger partial charge in [0.2, 0.25) is 11.8 Å². The number of fused-ring (bicyclic) bond motifs is 1. The van der Waals surface area contributed by atoms with Crippen LogP contribution in [0.4, 0.5) is 15.2 Å². The maximum absolute atomic E-state index is 13.8. The molecular formula is C25H20ClFN4O2S. The fourth-order valence-corrected chi connectivity index (χ4v) is 5.41. The Morgan fingerprint density at radius 1 is 1.24 bits per heavy atom. The zero-order valence-corrected chi connectivity index (χ0v) is 19.8. The van der Waals surface area contributed by atoms with Crippen LogP contribution in [-0.2, 0) is 16.1 Å². The number of pyridine rings is 1. The summed E-state index contributed by atoms with van der Waals surface area (Å²) in [6, 6.07) is 13.1. The fraction of sp³-hybridized carbons (Fsp3) is 0.200. The van der Waals surface area contributed by atoms with Crippen molar-refractivity contribution in [1.29, 1.82) is 0 Å². The number of carbonyl (C=O) groups excluding carboxylic acids is 2. The molecule has 1 aliphatic heterocycles. The van der Waals surface area contributed by atoms with Gasteiger partial charge in [0.15, 0.2) is 5.13 Å². The van der Waals surface area contributed by atoms with Gasteiger partial charge >= 0.3 is 0 Å². The second-order valence-corrected chi connectivity index (χ2v) is 9.59. The van der Waals surface area contributed by atoms with Crippen LogP contribution in [0.15, 0.2) is 60.9 Å². The Balaban J connectivity index is 1.49. The average molecular weight is 495 g/mol. The average Bonchev–Trinajstić information content (AvgIpc) is 3.46. The van der Waals surface area contributed by atoms with Gasteiger partial charge in [-0.25, -0.2) is 9.37 Å². The quantitative estimate of drug-likeness (QED) is 0.373. The number of nitrogens with zero attached hydrogens (tertiary/aromatic N) is 4. The van der Waals surface area contributed by atoms with Crippen LogP contribution in [0.1, 0.15) is 17.5 Å². The van der Waals surface area contributed by atoms with E-state index >= 15 is 0 Å². The molecule has 5 rings (SSSR count). The third-order valence-electron chi connectivity index (χ3n) is 5.86. The van der Waals surface area contributed by atoms with E-state index in [0.29, 0.717) is 15.8 Å². The Bertz CT molecular complexity index is 1340. The first-order valence-corrected chi connectivity index (χ1v) is 11.9. The summed E-state index contributed by atoms with van der Waals surface area (Å²) in [7, 11) is 0. The van der Waals surface area contributed by atoms with Crippen LogP contribution in [0.5, 0.6) is 0 Å². The van der Waals surface area contributed by atoms with Gasteiger partial charge in [-0.3, -0.25) is 19.5 Å². The molecule has 2 aromatic carbocycles. The minimum absolute atomic E-state index is 0.0738. The van der Waals surface area contributed by atoms with Crippen LogP contribution in [0, 0.1) is 18.7 Å². The molecule has 1 unspecified atom stereocenters. The summed E-state index contributed by atoms with van der Waals surface area (Å²) >= 11 is 7.76. The first-order valence-electron chi connectivity index (χ1n) is 10.7. The minimum atomic E-state index is -0.558. The van der Waals surface area contributed by atoms with Gasteiger partial charge in [0.1, 0.15) is 5.82 Å². The number of benzene rings is 2. The van der Waals surface area contributed by atoms with Gasteiger partial charge in [-0.15, -0.1) is 0 Å².